The number of nitrogens with zero attached hydrogens (tertiary/aromatic N) is 2. The van der Waals surface area contributed by atoms with Gasteiger partial charge in [-0.15, -0.1) is 0 Å². The van der Waals surface area contributed by atoms with Crippen molar-refractivity contribution in [3.63, 3.8) is 0 Å². The number of amides is 1. The second kappa shape index (κ2) is 9.41. The summed E-state index contributed by atoms with van der Waals surface area (Å²) in [5.41, 5.74) is 2.03. The molecule has 8 heteroatoms. The van der Waals surface area contributed by atoms with Crippen LogP contribution in [0.4, 0.5) is 0 Å². The van der Waals surface area contributed by atoms with Gasteiger partial charge in [0.25, 0.3) is 5.91 Å². The van der Waals surface area contributed by atoms with E-state index in [0.29, 0.717) is 23.7 Å². The zero-order valence-electron chi connectivity index (χ0n) is 17.0. The molecule has 0 bridgehead atoms. The van der Waals surface area contributed by atoms with Gasteiger partial charge in [0.1, 0.15) is 18.8 Å². The van der Waals surface area contributed by atoms with E-state index < -0.39 is 5.97 Å². The number of hydrogen-bond donors (Lipinski definition) is 0. The van der Waals surface area contributed by atoms with Gasteiger partial charge in [-0.2, -0.15) is 0 Å². The molecular weight excluding hydrogens is 404 g/mol. The van der Waals surface area contributed by atoms with Crippen LogP contribution in [0.3, 0.4) is 0 Å². The van der Waals surface area contributed by atoms with Crippen molar-refractivity contribution in [1.82, 2.24) is 9.80 Å². The first kappa shape index (κ1) is 21.3. The largest absolute Gasteiger partial charge is 0.493 e. The summed E-state index contributed by atoms with van der Waals surface area (Å²) in [5.74, 6) is 0.322. The third-order valence-corrected chi connectivity index (χ3v) is 5.07. The van der Waals surface area contributed by atoms with Crippen molar-refractivity contribution in [2.75, 3.05) is 27.8 Å². The van der Waals surface area contributed by atoms with Crippen molar-refractivity contribution in [2.45, 2.75) is 6.61 Å². The smallest absolute Gasteiger partial charge is 0.325 e. The van der Waals surface area contributed by atoms with Gasteiger partial charge in [0.15, 0.2) is 16.6 Å². The molecule has 1 saturated heterocycles. The average molecular weight is 426 g/mol. The minimum absolute atomic E-state index is 0.146. The fourth-order valence-corrected chi connectivity index (χ4v) is 3.18. The maximum absolute atomic E-state index is 12.6. The molecule has 0 N–H and O–H groups in total. The van der Waals surface area contributed by atoms with Crippen LogP contribution >= 0.6 is 12.2 Å². The third-order valence-electron chi connectivity index (χ3n) is 4.58. The quantitative estimate of drug-likeness (QED) is 0.383. The average Bonchev–Trinajstić information content (AvgIpc) is 2.97. The van der Waals surface area contributed by atoms with Gasteiger partial charge >= 0.3 is 5.97 Å². The summed E-state index contributed by atoms with van der Waals surface area (Å²) in [5, 5.41) is 0.242. The lowest BCUT2D eigenvalue weighted by atomic mass is 10.1. The number of ether oxygens (including phenoxy) is 3. The third kappa shape index (κ3) is 4.60. The predicted octanol–water partition coefficient (Wildman–Crippen LogP) is 2.85. The standard InChI is InChI=1S/C22H22N2O5S/c1-23-21(26)17(24(22(23)30)13-20(25)28-3)11-16-9-10-18(19(12-16)27-2)29-14-15-7-5-4-6-8-15/h4-12H,13-14H2,1-3H3/b17-11-. The van der Waals surface area contributed by atoms with Crippen LogP contribution < -0.4 is 9.47 Å². The Morgan fingerprint density at radius 2 is 1.83 bits per heavy atom. The molecule has 0 radical (unpaired) electrons. The van der Waals surface area contributed by atoms with Crippen LogP contribution in [-0.2, 0) is 20.9 Å². The van der Waals surface area contributed by atoms with Gasteiger partial charge < -0.3 is 19.1 Å². The number of likely N-dealkylation sites (N-methyl/N-ethyl adjacent to an activating group) is 1. The summed E-state index contributed by atoms with van der Waals surface area (Å²) in [7, 11) is 4.40. The fraction of sp³-hybridized carbons (Fsp3) is 0.227. The molecule has 2 aromatic rings. The highest BCUT2D eigenvalue weighted by atomic mass is 32.1. The van der Waals surface area contributed by atoms with Crippen LogP contribution in [0.2, 0.25) is 0 Å². The van der Waals surface area contributed by atoms with Crippen LogP contribution in [0.15, 0.2) is 54.2 Å². The van der Waals surface area contributed by atoms with Crippen molar-refractivity contribution in [2.24, 2.45) is 0 Å². The number of methoxy groups -OCH3 is 2. The van der Waals surface area contributed by atoms with Gasteiger partial charge in [0, 0.05) is 7.05 Å². The molecule has 1 aliphatic heterocycles. The summed E-state index contributed by atoms with van der Waals surface area (Å²) in [6.45, 7) is 0.259. The molecule has 1 amide bonds. The van der Waals surface area contributed by atoms with Crippen LogP contribution in [0.5, 0.6) is 11.5 Å². The molecule has 1 aliphatic rings. The summed E-state index contributed by atoms with van der Waals surface area (Å²) < 4.78 is 16.0. The Morgan fingerprint density at radius 3 is 2.50 bits per heavy atom. The lowest BCUT2D eigenvalue weighted by Gasteiger charge is -2.17. The minimum Gasteiger partial charge on any atom is -0.493 e. The Kier molecular flexibility index (Phi) is 6.68. The molecule has 0 unspecified atom stereocenters. The van der Waals surface area contributed by atoms with Gasteiger partial charge in [-0.05, 0) is 41.6 Å². The highest BCUT2D eigenvalue weighted by molar-refractivity contribution is 7.80. The molecule has 2 aromatic carbocycles. The Hall–Kier alpha value is -3.39. The van der Waals surface area contributed by atoms with Gasteiger partial charge in [0.05, 0.1) is 14.2 Å². The molecule has 0 spiro atoms. The number of benzene rings is 2. The molecule has 30 heavy (non-hydrogen) atoms. The van der Waals surface area contributed by atoms with E-state index in [-0.39, 0.29) is 23.3 Å². The summed E-state index contributed by atoms with van der Waals surface area (Å²) >= 11 is 5.29. The number of thiocarbonyl (C=S) groups is 1. The lowest BCUT2D eigenvalue weighted by molar-refractivity contribution is -0.140. The molecule has 0 saturated carbocycles. The van der Waals surface area contributed by atoms with E-state index in [2.05, 4.69) is 0 Å². The van der Waals surface area contributed by atoms with Crippen LogP contribution in [0, 0.1) is 0 Å². The first-order chi connectivity index (χ1) is 14.4. The Morgan fingerprint density at radius 1 is 1.10 bits per heavy atom. The first-order valence-corrected chi connectivity index (χ1v) is 9.58. The van der Waals surface area contributed by atoms with E-state index in [1.54, 1.807) is 38.4 Å². The van der Waals surface area contributed by atoms with Gasteiger partial charge in [0.2, 0.25) is 0 Å². The minimum atomic E-state index is -0.492. The fourth-order valence-electron chi connectivity index (χ4n) is 2.93. The van der Waals surface area contributed by atoms with E-state index in [4.69, 9.17) is 26.4 Å². The van der Waals surface area contributed by atoms with Crippen molar-refractivity contribution in [3.05, 3.63) is 65.4 Å². The van der Waals surface area contributed by atoms with Crippen LogP contribution in [0.1, 0.15) is 11.1 Å². The molecule has 0 aromatic heterocycles. The zero-order valence-corrected chi connectivity index (χ0v) is 17.8. The molecule has 156 valence electrons. The van der Waals surface area contributed by atoms with Crippen molar-refractivity contribution < 1.29 is 23.8 Å². The van der Waals surface area contributed by atoms with Crippen molar-refractivity contribution in [3.8, 4) is 11.5 Å². The van der Waals surface area contributed by atoms with Gasteiger partial charge in [-0.1, -0.05) is 36.4 Å². The van der Waals surface area contributed by atoms with E-state index in [1.165, 1.54) is 16.9 Å². The van der Waals surface area contributed by atoms with Gasteiger partial charge in [-0.3, -0.25) is 14.5 Å². The topological polar surface area (TPSA) is 68.3 Å². The van der Waals surface area contributed by atoms with E-state index in [1.807, 2.05) is 30.3 Å². The van der Waals surface area contributed by atoms with Crippen molar-refractivity contribution >= 4 is 35.3 Å². The molecular formula is C22H22N2O5S. The number of carbonyl (C=O) groups excluding carboxylic acids is 2. The maximum atomic E-state index is 12.6. The number of hydrogen-bond acceptors (Lipinski definition) is 6. The second-order valence-electron chi connectivity index (χ2n) is 6.52. The molecule has 3 rings (SSSR count). The normalized spacial score (nSPS) is 15.0. The molecule has 0 atom stereocenters. The zero-order chi connectivity index (χ0) is 21.7. The number of esters is 1. The Bertz CT molecular complexity index is 990. The van der Waals surface area contributed by atoms with E-state index in [0.717, 1.165) is 5.56 Å². The summed E-state index contributed by atoms with van der Waals surface area (Å²) in [6.07, 6.45) is 1.66. The number of rotatable bonds is 7. The molecule has 1 fully saturated rings. The monoisotopic (exact) mass is 426 g/mol. The Balaban J connectivity index is 1.85. The van der Waals surface area contributed by atoms with E-state index >= 15 is 0 Å². The Labute approximate surface area is 180 Å². The van der Waals surface area contributed by atoms with E-state index in [9.17, 15) is 9.59 Å². The second-order valence-corrected chi connectivity index (χ2v) is 6.89. The van der Waals surface area contributed by atoms with Crippen LogP contribution in [0.25, 0.3) is 6.08 Å². The van der Waals surface area contributed by atoms with Crippen molar-refractivity contribution in [1.29, 1.82) is 0 Å². The highest BCUT2D eigenvalue weighted by Crippen LogP contribution is 2.31. The molecule has 0 aliphatic carbocycles. The molecule has 1 heterocycles. The predicted molar refractivity (Wildman–Crippen MR) is 116 cm³/mol. The SMILES string of the molecule is COC(=O)CN1C(=S)N(C)C(=O)/C1=C/c1ccc(OCc2ccccc2)c(OC)c1. The highest BCUT2D eigenvalue weighted by Gasteiger charge is 2.36. The summed E-state index contributed by atoms with van der Waals surface area (Å²) in [6, 6.07) is 15.2. The molecule has 7 nitrogen and oxygen atoms in total. The van der Waals surface area contributed by atoms with Gasteiger partial charge in [-0.25, -0.2) is 0 Å². The summed E-state index contributed by atoms with van der Waals surface area (Å²) in [4.78, 5) is 27.1. The maximum Gasteiger partial charge on any atom is 0.325 e. The first-order valence-electron chi connectivity index (χ1n) is 9.17. The van der Waals surface area contributed by atoms with Crippen LogP contribution in [-0.4, -0.2) is 54.6 Å². The number of carbonyl (C=O) groups is 2. The lowest BCUT2D eigenvalue weighted by Crippen LogP contribution is -2.33.